The maximum Gasteiger partial charge on any atom is 0.291 e. The number of fused-ring (bicyclic) bond motifs is 1. The number of furan rings is 1. The molecule has 2 N–H and O–H groups in total. The Morgan fingerprint density at radius 2 is 1.97 bits per heavy atom. The van der Waals surface area contributed by atoms with Crippen molar-refractivity contribution in [2.24, 2.45) is 5.10 Å². The number of carbonyl (C=O) groups excluding carboxylic acids is 2. The summed E-state index contributed by atoms with van der Waals surface area (Å²) in [6.07, 6.45) is 7.37. The van der Waals surface area contributed by atoms with Crippen LogP contribution in [0.25, 0.3) is 0 Å². The smallest absolute Gasteiger partial charge is 0.291 e. The third-order valence-electron chi connectivity index (χ3n) is 5.63. The number of hydrazone groups is 1. The molecule has 4 rings (SSSR count). The van der Waals surface area contributed by atoms with Crippen LogP contribution in [0.1, 0.15) is 70.4 Å². The van der Waals surface area contributed by atoms with Crippen molar-refractivity contribution in [1.29, 1.82) is 0 Å². The quantitative estimate of drug-likeness (QED) is 0.368. The first-order valence-corrected chi connectivity index (χ1v) is 11.5. The van der Waals surface area contributed by atoms with Crippen LogP contribution in [0.2, 0.25) is 0 Å². The van der Waals surface area contributed by atoms with Crippen molar-refractivity contribution in [3.8, 4) is 5.75 Å². The van der Waals surface area contributed by atoms with Gasteiger partial charge in [-0.3, -0.25) is 14.6 Å². The molecule has 0 spiro atoms. The van der Waals surface area contributed by atoms with Gasteiger partial charge in [-0.25, -0.2) is 5.43 Å². The molecule has 3 aromatic rings. The van der Waals surface area contributed by atoms with Gasteiger partial charge in [-0.1, -0.05) is 13.3 Å². The fourth-order valence-electron chi connectivity index (χ4n) is 3.83. The average molecular weight is 461 g/mol. The molecule has 0 atom stereocenters. The van der Waals surface area contributed by atoms with Gasteiger partial charge in [-0.15, -0.1) is 0 Å². The molecule has 8 nitrogen and oxygen atoms in total. The van der Waals surface area contributed by atoms with Crippen LogP contribution < -0.4 is 15.5 Å². The number of benzene rings is 1. The largest absolute Gasteiger partial charge is 0.494 e. The van der Waals surface area contributed by atoms with Gasteiger partial charge < -0.3 is 14.5 Å². The fourth-order valence-corrected chi connectivity index (χ4v) is 3.83. The van der Waals surface area contributed by atoms with E-state index in [0.717, 1.165) is 30.6 Å². The second kappa shape index (κ2) is 10.8. The molecule has 0 saturated heterocycles. The van der Waals surface area contributed by atoms with Crippen molar-refractivity contribution >= 4 is 23.2 Å². The summed E-state index contributed by atoms with van der Waals surface area (Å²) in [4.78, 5) is 29.3. The fraction of sp³-hybridized carbons (Fsp3) is 0.308. The lowest BCUT2D eigenvalue weighted by Gasteiger charge is -2.13. The summed E-state index contributed by atoms with van der Waals surface area (Å²) in [7, 11) is 0. The zero-order chi connectivity index (χ0) is 23.9. The molecule has 0 saturated carbocycles. The van der Waals surface area contributed by atoms with Crippen molar-refractivity contribution in [3.05, 3.63) is 77.0 Å². The van der Waals surface area contributed by atoms with E-state index in [1.54, 1.807) is 30.5 Å². The molecule has 2 amide bonds. The number of aryl methyl sites for hydroxylation is 1. The Balaban J connectivity index is 1.47. The summed E-state index contributed by atoms with van der Waals surface area (Å²) in [6.45, 7) is 4.63. The molecule has 0 bridgehead atoms. The summed E-state index contributed by atoms with van der Waals surface area (Å²) >= 11 is 0. The summed E-state index contributed by atoms with van der Waals surface area (Å²) < 4.78 is 11.6. The van der Waals surface area contributed by atoms with Gasteiger partial charge in [0.25, 0.3) is 11.8 Å². The molecule has 176 valence electrons. The minimum atomic E-state index is -0.339. The number of unbranched alkanes of at least 4 members (excludes halogenated alkanes) is 1. The summed E-state index contributed by atoms with van der Waals surface area (Å²) in [5.74, 6) is 1.06. The third-order valence-corrected chi connectivity index (χ3v) is 5.63. The van der Waals surface area contributed by atoms with Crippen molar-refractivity contribution < 1.29 is 18.7 Å². The van der Waals surface area contributed by atoms with Gasteiger partial charge in [0, 0.05) is 35.6 Å². The van der Waals surface area contributed by atoms with E-state index in [1.807, 2.05) is 19.1 Å². The number of hydrogen-bond donors (Lipinski definition) is 2. The highest BCUT2D eigenvalue weighted by Crippen LogP contribution is 2.30. The first-order chi connectivity index (χ1) is 16.6. The topological polar surface area (TPSA) is 106 Å². The highest BCUT2D eigenvalue weighted by molar-refractivity contribution is 6.09. The number of anilines is 1. The molecule has 0 aliphatic heterocycles. The van der Waals surface area contributed by atoms with E-state index in [-0.39, 0.29) is 17.6 Å². The second-order valence-electron chi connectivity index (χ2n) is 8.13. The Bertz CT molecular complexity index is 1180. The number of hydrogen-bond acceptors (Lipinski definition) is 6. The molecule has 34 heavy (non-hydrogen) atoms. The lowest BCUT2D eigenvalue weighted by Crippen LogP contribution is -2.22. The van der Waals surface area contributed by atoms with Crippen LogP contribution in [-0.2, 0) is 6.42 Å². The van der Waals surface area contributed by atoms with E-state index in [0.29, 0.717) is 47.7 Å². The monoisotopic (exact) mass is 460 g/mol. The van der Waals surface area contributed by atoms with Crippen molar-refractivity contribution in [3.63, 3.8) is 0 Å². The Morgan fingerprint density at radius 1 is 1.15 bits per heavy atom. The van der Waals surface area contributed by atoms with Crippen molar-refractivity contribution in [2.45, 2.75) is 46.0 Å². The molecule has 1 aliphatic rings. The van der Waals surface area contributed by atoms with Crippen LogP contribution in [0.5, 0.6) is 5.75 Å². The van der Waals surface area contributed by atoms with E-state index in [4.69, 9.17) is 9.15 Å². The zero-order valence-electron chi connectivity index (χ0n) is 19.4. The first kappa shape index (κ1) is 23.2. The minimum absolute atomic E-state index is 0.251. The Labute approximate surface area is 198 Å². The number of pyridine rings is 1. The van der Waals surface area contributed by atoms with Gasteiger partial charge in [-0.05, 0) is 62.6 Å². The Morgan fingerprint density at radius 3 is 2.71 bits per heavy atom. The van der Waals surface area contributed by atoms with E-state index >= 15 is 0 Å². The van der Waals surface area contributed by atoms with Gasteiger partial charge >= 0.3 is 0 Å². The normalized spacial score (nSPS) is 13.9. The van der Waals surface area contributed by atoms with Gasteiger partial charge in [0.15, 0.2) is 5.76 Å². The van der Waals surface area contributed by atoms with Crippen molar-refractivity contribution in [1.82, 2.24) is 10.4 Å². The number of nitrogens with one attached hydrogen (secondary N) is 2. The van der Waals surface area contributed by atoms with Crippen LogP contribution in [0.15, 0.2) is 58.3 Å². The molecular formula is C26H28N4O4. The maximum atomic E-state index is 13.0. The molecule has 8 heteroatoms. The standard InChI is InChI=1S/C26H28N4O4/c1-3-4-15-33-20-12-10-19(11-13-20)28-26(32)24-17(2)23-21(8-5-9-22(23)34-24)29-30-25(31)18-7-6-14-27-16-18/h6-7,10-14,16H,3-5,8-9,15H2,1-2H3,(H,28,32)(H,30,31)/b29-21+. The van der Waals surface area contributed by atoms with Crippen LogP contribution in [0.4, 0.5) is 5.69 Å². The molecule has 2 heterocycles. The molecular weight excluding hydrogens is 432 g/mol. The molecule has 0 fully saturated rings. The summed E-state index contributed by atoms with van der Waals surface area (Å²) in [5, 5.41) is 7.23. The van der Waals surface area contributed by atoms with Crippen LogP contribution in [-0.4, -0.2) is 29.1 Å². The molecule has 1 aromatic carbocycles. The first-order valence-electron chi connectivity index (χ1n) is 11.5. The zero-order valence-corrected chi connectivity index (χ0v) is 19.4. The van der Waals surface area contributed by atoms with Crippen LogP contribution >= 0.6 is 0 Å². The van der Waals surface area contributed by atoms with Gasteiger partial charge in [-0.2, -0.15) is 5.10 Å². The number of ether oxygens (including phenoxy) is 1. The average Bonchev–Trinajstić information content (AvgIpc) is 3.21. The number of amides is 2. The number of nitrogens with zero attached hydrogens (tertiary/aromatic N) is 2. The number of aromatic nitrogens is 1. The lowest BCUT2D eigenvalue weighted by atomic mass is 9.93. The van der Waals surface area contributed by atoms with Gasteiger partial charge in [0.1, 0.15) is 11.5 Å². The van der Waals surface area contributed by atoms with E-state index in [9.17, 15) is 9.59 Å². The van der Waals surface area contributed by atoms with Gasteiger partial charge in [0.2, 0.25) is 0 Å². The lowest BCUT2D eigenvalue weighted by molar-refractivity contribution is 0.0953. The number of rotatable bonds is 8. The Hall–Kier alpha value is -3.94. The highest BCUT2D eigenvalue weighted by Gasteiger charge is 2.28. The molecule has 1 aliphatic carbocycles. The van der Waals surface area contributed by atoms with Crippen LogP contribution in [0, 0.1) is 6.92 Å². The molecule has 2 aromatic heterocycles. The van der Waals surface area contributed by atoms with Crippen LogP contribution in [0.3, 0.4) is 0 Å². The van der Waals surface area contributed by atoms with Crippen molar-refractivity contribution in [2.75, 3.05) is 11.9 Å². The highest BCUT2D eigenvalue weighted by atomic mass is 16.5. The number of carbonyl (C=O) groups is 2. The van der Waals surface area contributed by atoms with E-state index in [1.165, 1.54) is 6.20 Å². The minimum Gasteiger partial charge on any atom is -0.494 e. The molecule has 0 radical (unpaired) electrons. The summed E-state index contributed by atoms with van der Waals surface area (Å²) in [6, 6.07) is 10.6. The maximum absolute atomic E-state index is 13.0. The third kappa shape index (κ3) is 5.33. The second-order valence-corrected chi connectivity index (χ2v) is 8.13. The predicted molar refractivity (Wildman–Crippen MR) is 129 cm³/mol. The van der Waals surface area contributed by atoms with Gasteiger partial charge in [0.05, 0.1) is 17.9 Å². The Kier molecular flexibility index (Phi) is 7.37. The summed E-state index contributed by atoms with van der Waals surface area (Å²) in [5.41, 5.74) is 5.87. The predicted octanol–water partition coefficient (Wildman–Crippen LogP) is 4.88. The van der Waals surface area contributed by atoms with E-state index in [2.05, 4.69) is 27.8 Å². The SMILES string of the molecule is CCCCOc1ccc(NC(=O)c2oc3c(c2C)/C(=N/NC(=O)c2cccnc2)CCC3)cc1. The molecule has 0 unspecified atom stereocenters. The van der Waals surface area contributed by atoms with E-state index < -0.39 is 0 Å².